The van der Waals surface area contributed by atoms with Crippen LogP contribution in [0.15, 0.2) is 158 Å². The molecule has 50 heavy (non-hydrogen) atoms. The first-order chi connectivity index (χ1) is 24.7. The van der Waals surface area contributed by atoms with Crippen LogP contribution in [0, 0.1) is 10.6 Å². The molecule has 1 aliphatic rings. The van der Waals surface area contributed by atoms with Gasteiger partial charge in [-0.1, -0.05) is 0 Å². The second kappa shape index (κ2) is 14.8. The Morgan fingerprint density at radius 1 is 0.560 bits per heavy atom. The Hall–Kier alpha value is -4.38. The van der Waals surface area contributed by atoms with Gasteiger partial charge >= 0.3 is 310 Å². The molecule has 0 aliphatic carbocycles. The third-order valence-electron chi connectivity index (χ3n) is 10.0. The van der Waals surface area contributed by atoms with E-state index >= 15 is 0 Å². The third-order valence-corrected chi connectivity index (χ3v) is 12.3. The van der Waals surface area contributed by atoms with E-state index in [1.165, 1.54) is 75.2 Å². The molecule has 256 valence electrons. The van der Waals surface area contributed by atoms with E-state index in [1.54, 1.807) is 0 Å². The zero-order valence-corrected chi connectivity index (χ0v) is 31.1. The number of rotatable bonds is 8. The van der Waals surface area contributed by atoms with Crippen molar-refractivity contribution in [1.82, 2.24) is 8.97 Å². The van der Waals surface area contributed by atoms with Crippen LogP contribution in [-0.2, 0) is 18.2 Å². The van der Waals surface area contributed by atoms with Crippen LogP contribution in [-0.4, -0.2) is 22.1 Å². The molecule has 0 unspecified atom stereocenters. The molecule has 1 saturated heterocycles. The van der Waals surface area contributed by atoms with Crippen LogP contribution in [0.4, 0.5) is 5.82 Å². The fourth-order valence-corrected chi connectivity index (χ4v) is 10.1. The van der Waals surface area contributed by atoms with Crippen LogP contribution >= 0.6 is 9.19 Å². The Balaban J connectivity index is 1.50. The van der Waals surface area contributed by atoms with Gasteiger partial charge in [-0.15, -0.1) is 0 Å². The molecule has 0 bridgehead atoms. The number of aryl methyl sites for hydroxylation is 1. The summed E-state index contributed by atoms with van der Waals surface area (Å²) in [4.78, 5) is 2.56. The van der Waals surface area contributed by atoms with Gasteiger partial charge in [0.2, 0.25) is 0 Å². The van der Waals surface area contributed by atoms with Gasteiger partial charge in [0.25, 0.3) is 0 Å². The number of anilines is 1. The normalized spacial score (nSPS) is 14.2. The molecule has 2 aromatic heterocycles. The van der Waals surface area contributed by atoms with Gasteiger partial charge in [-0.25, -0.2) is 0 Å². The van der Waals surface area contributed by atoms with E-state index in [9.17, 15) is 0 Å². The second-order valence-electron chi connectivity index (χ2n) is 13.3. The average Bonchev–Trinajstić information content (AvgIpc) is 3.55. The van der Waals surface area contributed by atoms with Crippen molar-refractivity contribution in [2.75, 3.05) is 18.0 Å². The van der Waals surface area contributed by atoms with E-state index in [0.717, 1.165) is 16.7 Å². The van der Waals surface area contributed by atoms with Crippen molar-refractivity contribution in [2.45, 2.75) is 38.0 Å². The summed E-state index contributed by atoms with van der Waals surface area (Å²) in [6.45, 7) is 4.40. The van der Waals surface area contributed by atoms with Crippen LogP contribution in [0.1, 0.15) is 70.0 Å². The number of imidazole rings is 1. The zero-order chi connectivity index (χ0) is 33.9. The molecule has 0 amide bonds. The Labute approximate surface area is 308 Å². The van der Waals surface area contributed by atoms with Gasteiger partial charge in [0.05, 0.1) is 0 Å². The van der Waals surface area contributed by atoms with Gasteiger partial charge in [0.1, 0.15) is 0 Å². The van der Waals surface area contributed by atoms with E-state index in [4.69, 9.17) is 9.19 Å². The fraction of sp³-hybridized carbons (Fsp3) is 0.178. The van der Waals surface area contributed by atoms with Gasteiger partial charge in [0, 0.05) is 0 Å². The predicted octanol–water partition coefficient (Wildman–Crippen LogP) is 11.2. The quantitative estimate of drug-likeness (QED) is 0.110. The molecule has 3 nitrogen and oxygen atoms in total. The second-order valence-corrected chi connectivity index (χ2v) is 15.6. The van der Waals surface area contributed by atoms with Crippen LogP contribution in [0.3, 0.4) is 0 Å². The maximum atomic E-state index is 7.21. The number of halogens is 1. The molecule has 0 radical (unpaired) electrons. The van der Waals surface area contributed by atoms with Crippen LogP contribution in [0.2, 0.25) is 0 Å². The van der Waals surface area contributed by atoms with Gasteiger partial charge in [-0.2, -0.15) is 0 Å². The molecule has 0 saturated carbocycles. The van der Waals surface area contributed by atoms with Gasteiger partial charge in [0.15, 0.2) is 0 Å². The number of fused-ring (bicyclic) bond motifs is 1. The van der Waals surface area contributed by atoms with E-state index in [1.807, 2.05) is 0 Å². The molecular formula is C45H41AuClN3-2. The Morgan fingerprint density at radius 2 is 1.02 bits per heavy atom. The van der Waals surface area contributed by atoms with Crippen molar-refractivity contribution in [3.8, 4) is 5.69 Å². The van der Waals surface area contributed by atoms with E-state index in [-0.39, 0.29) is 11.8 Å². The van der Waals surface area contributed by atoms with Crippen LogP contribution in [0.25, 0.3) is 11.2 Å². The molecule has 5 aromatic carbocycles. The number of nitrogens with zero attached hydrogens (tertiary/aromatic N) is 3. The molecule has 0 spiro atoms. The summed E-state index contributed by atoms with van der Waals surface area (Å²) >= 11 is -0.721. The molecular weight excluding hydrogens is 815 g/mol. The first-order valence-corrected chi connectivity index (χ1v) is 21.3. The van der Waals surface area contributed by atoms with Crippen molar-refractivity contribution in [3.63, 3.8) is 0 Å². The standard InChI is InChI=1S/C45H41N3.Au.ClH/c1-34-30-40(43(35-18-7-2-8-19-35)36-20-9-3-10-21-36)45(41(31-34)44(37-22-11-4-12-23-37)38-24-13-5-14-25-38)47-32-39-26-17-27-42(48(39)33-47)46-28-15-6-16-29-46;;/h2-5,7-14,17-27,30-32,43-44H,6,15-16,28-29H2,1H3;;1H/q;-1;/p-1. The number of aromatic nitrogens is 2. The van der Waals surface area contributed by atoms with Crippen molar-refractivity contribution >= 4 is 20.5 Å². The molecule has 8 rings (SSSR count). The first kappa shape index (κ1) is 32.8. The number of pyridine rings is 1. The van der Waals surface area contributed by atoms with Crippen LogP contribution < -0.4 is 4.90 Å². The minimum atomic E-state index is -0.721. The summed E-state index contributed by atoms with van der Waals surface area (Å²) < 4.78 is 6.08. The number of benzene rings is 5. The molecule has 0 N–H and O–H groups in total. The predicted molar refractivity (Wildman–Crippen MR) is 204 cm³/mol. The topological polar surface area (TPSA) is 12.6 Å². The molecule has 3 heterocycles. The fourth-order valence-electron chi connectivity index (χ4n) is 7.90. The Morgan fingerprint density at radius 3 is 1.46 bits per heavy atom. The number of hydrogen-bond acceptors (Lipinski definition) is 1. The monoisotopic (exact) mass is 855 g/mol. The van der Waals surface area contributed by atoms with E-state index in [2.05, 4.69) is 179 Å². The molecule has 1 aliphatic heterocycles. The first-order valence-electron chi connectivity index (χ1n) is 17.6. The SMILES string of the molecule is Cc1cc(C(c2ccccc2)c2ccccc2)c(-n2cc3cccc(N4CCCCC4)n3[c]2=[Au-2][Cl])c(C(c2ccccc2)c2ccccc2)c1. The summed E-state index contributed by atoms with van der Waals surface area (Å²) in [6, 6.07) is 55.6. The molecule has 7 aromatic rings. The summed E-state index contributed by atoms with van der Waals surface area (Å²) in [5.41, 5.74) is 11.3. The molecule has 5 heteroatoms. The van der Waals surface area contributed by atoms with Gasteiger partial charge in [-0.3, -0.25) is 0 Å². The molecule has 0 atom stereocenters. The van der Waals surface area contributed by atoms with Gasteiger partial charge < -0.3 is 0 Å². The van der Waals surface area contributed by atoms with Crippen molar-refractivity contribution < 1.29 is 18.2 Å². The van der Waals surface area contributed by atoms with E-state index in [0.29, 0.717) is 0 Å². The van der Waals surface area contributed by atoms with Gasteiger partial charge in [-0.05, 0) is 0 Å². The number of hydrogen-bond donors (Lipinski definition) is 0. The number of piperidine rings is 1. The van der Waals surface area contributed by atoms with Crippen molar-refractivity contribution in [3.05, 3.63) is 200 Å². The summed E-state index contributed by atoms with van der Waals surface area (Å²) in [5, 5.41) is 0. The van der Waals surface area contributed by atoms with E-state index < -0.39 is 18.2 Å². The summed E-state index contributed by atoms with van der Waals surface area (Å²) in [5.74, 6) is 1.26. The van der Waals surface area contributed by atoms with Crippen molar-refractivity contribution in [1.29, 1.82) is 0 Å². The Bertz CT molecular complexity index is 2090. The Kier molecular flexibility index (Phi) is 9.74. The summed E-state index contributed by atoms with van der Waals surface area (Å²) in [6.07, 6.45) is 6.09. The minimum absolute atomic E-state index is 0.00941. The van der Waals surface area contributed by atoms with Crippen molar-refractivity contribution in [2.24, 2.45) is 0 Å². The maximum absolute atomic E-state index is 7.21. The summed E-state index contributed by atoms with van der Waals surface area (Å²) in [7, 11) is 7.21. The average molecular weight is 856 g/mol. The zero-order valence-electron chi connectivity index (χ0n) is 28.2. The van der Waals surface area contributed by atoms with Crippen LogP contribution in [0.5, 0.6) is 0 Å². The third kappa shape index (κ3) is 6.36. The molecule has 1 fully saturated rings.